The van der Waals surface area contributed by atoms with Crippen LogP contribution in [0.2, 0.25) is 0 Å². The van der Waals surface area contributed by atoms with Gasteiger partial charge in [0, 0.05) is 18.2 Å². The number of benzene rings is 2. The molecule has 4 N–H and O–H groups in total. The topological polar surface area (TPSA) is 84.2 Å². The second-order valence-electron chi connectivity index (χ2n) is 6.21. The Balaban J connectivity index is 0.00000338. The molecule has 26 heavy (non-hydrogen) atoms. The molecule has 0 saturated carbocycles. The molecule has 2 aromatic carbocycles. The van der Waals surface area contributed by atoms with Crippen LogP contribution in [0.25, 0.3) is 0 Å². The Labute approximate surface area is 160 Å². The fourth-order valence-corrected chi connectivity index (χ4v) is 2.46. The van der Waals surface area contributed by atoms with E-state index in [9.17, 15) is 9.59 Å². The lowest BCUT2D eigenvalue weighted by atomic mass is 10.0. The van der Waals surface area contributed by atoms with E-state index in [0.717, 1.165) is 11.1 Å². The highest BCUT2D eigenvalue weighted by molar-refractivity contribution is 5.94. The van der Waals surface area contributed by atoms with Crippen LogP contribution in [0.5, 0.6) is 0 Å². The molecule has 0 aliphatic rings. The molecular formula is C20H26ClN3O2. The predicted molar refractivity (Wildman–Crippen MR) is 106 cm³/mol. The van der Waals surface area contributed by atoms with Crippen LogP contribution in [0, 0.1) is 6.92 Å². The number of carbonyl (C=O) groups is 2. The maximum Gasteiger partial charge on any atom is 0.251 e. The summed E-state index contributed by atoms with van der Waals surface area (Å²) >= 11 is 0. The van der Waals surface area contributed by atoms with Crippen molar-refractivity contribution in [3.05, 3.63) is 71.3 Å². The van der Waals surface area contributed by atoms with Gasteiger partial charge in [-0.25, -0.2) is 0 Å². The summed E-state index contributed by atoms with van der Waals surface area (Å²) in [6, 6.07) is 16.3. The van der Waals surface area contributed by atoms with Crippen molar-refractivity contribution in [3.8, 4) is 0 Å². The molecule has 0 heterocycles. The molecule has 2 atom stereocenters. The molecule has 0 saturated heterocycles. The zero-order valence-electron chi connectivity index (χ0n) is 15.1. The number of amides is 2. The van der Waals surface area contributed by atoms with Gasteiger partial charge < -0.3 is 16.4 Å². The number of halogens is 1. The maximum absolute atomic E-state index is 12.5. The van der Waals surface area contributed by atoms with Crippen LogP contribution >= 0.6 is 12.4 Å². The molecule has 0 bridgehead atoms. The van der Waals surface area contributed by atoms with Crippen LogP contribution in [-0.2, 0) is 4.79 Å². The van der Waals surface area contributed by atoms with E-state index in [4.69, 9.17) is 5.73 Å². The molecule has 0 aliphatic heterocycles. The van der Waals surface area contributed by atoms with Gasteiger partial charge in [0.2, 0.25) is 5.91 Å². The molecule has 0 aliphatic carbocycles. The van der Waals surface area contributed by atoms with E-state index in [1.165, 1.54) is 0 Å². The third kappa shape index (κ3) is 6.50. The summed E-state index contributed by atoms with van der Waals surface area (Å²) in [6.45, 7) is 4.19. The van der Waals surface area contributed by atoms with E-state index in [0.29, 0.717) is 12.1 Å². The minimum absolute atomic E-state index is 0. The molecule has 2 amide bonds. The summed E-state index contributed by atoms with van der Waals surface area (Å²) in [5.41, 5.74) is 8.09. The van der Waals surface area contributed by atoms with Crippen molar-refractivity contribution in [2.75, 3.05) is 6.54 Å². The first-order valence-electron chi connectivity index (χ1n) is 8.41. The molecule has 0 radical (unpaired) electrons. The van der Waals surface area contributed by atoms with Gasteiger partial charge >= 0.3 is 0 Å². The largest absolute Gasteiger partial charge is 0.352 e. The summed E-state index contributed by atoms with van der Waals surface area (Å²) < 4.78 is 0. The summed E-state index contributed by atoms with van der Waals surface area (Å²) in [5, 5.41) is 5.80. The average Bonchev–Trinajstić information content (AvgIpc) is 2.62. The molecule has 2 rings (SSSR count). The van der Waals surface area contributed by atoms with Crippen LogP contribution in [0.1, 0.15) is 40.9 Å². The van der Waals surface area contributed by atoms with Gasteiger partial charge in [0.25, 0.3) is 5.91 Å². The first-order valence-corrected chi connectivity index (χ1v) is 8.41. The van der Waals surface area contributed by atoms with Gasteiger partial charge in [0.05, 0.1) is 12.5 Å². The fourth-order valence-electron chi connectivity index (χ4n) is 2.46. The van der Waals surface area contributed by atoms with Crippen molar-refractivity contribution in [3.63, 3.8) is 0 Å². The standard InChI is InChI=1S/C20H25N3O2.ClH/c1-14-8-10-17(11-9-14)20(25)23-18(16-6-4-3-5-7-16)12-19(24)22-15(2)13-21;/h3-11,15,18H,12-13,21H2,1-2H3,(H,22,24)(H,23,25);1H/t15-,18?;/m0./s1. The lowest BCUT2D eigenvalue weighted by molar-refractivity contribution is -0.122. The van der Waals surface area contributed by atoms with E-state index >= 15 is 0 Å². The Kier molecular flexibility index (Phi) is 8.82. The number of hydrogen-bond donors (Lipinski definition) is 3. The lowest BCUT2D eigenvalue weighted by Crippen LogP contribution is -2.40. The first-order chi connectivity index (χ1) is 12.0. The number of carbonyl (C=O) groups excluding carboxylic acids is 2. The van der Waals surface area contributed by atoms with Crippen LogP contribution in [-0.4, -0.2) is 24.4 Å². The van der Waals surface area contributed by atoms with Crippen LogP contribution in [0.3, 0.4) is 0 Å². The van der Waals surface area contributed by atoms with Crippen molar-refractivity contribution in [2.24, 2.45) is 5.73 Å². The van der Waals surface area contributed by atoms with Gasteiger partial charge in [0.1, 0.15) is 0 Å². The third-order valence-electron chi connectivity index (χ3n) is 3.97. The number of rotatable bonds is 7. The van der Waals surface area contributed by atoms with E-state index in [1.807, 2.05) is 56.3 Å². The molecule has 2 aromatic rings. The van der Waals surface area contributed by atoms with Gasteiger partial charge in [-0.15, -0.1) is 12.4 Å². The second-order valence-corrected chi connectivity index (χ2v) is 6.21. The van der Waals surface area contributed by atoms with Crippen molar-refractivity contribution in [1.82, 2.24) is 10.6 Å². The fraction of sp³-hybridized carbons (Fsp3) is 0.300. The molecule has 0 spiro atoms. The summed E-state index contributed by atoms with van der Waals surface area (Å²) in [4.78, 5) is 24.8. The second kappa shape index (κ2) is 10.6. The van der Waals surface area contributed by atoms with Crippen molar-refractivity contribution < 1.29 is 9.59 Å². The minimum atomic E-state index is -0.403. The van der Waals surface area contributed by atoms with Crippen molar-refractivity contribution in [2.45, 2.75) is 32.4 Å². The van der Waals surface area contributed by atoms with Crippen LogP contribution < -0.4 is 16.4 Å². The van der Waals surface area contributed by atoms with E-state index < -0.39 is 6.04 Å². The molecule has 1 unspecified atom stereocenters. The third-order valence-corrected chi connectivity index (χ3v) is 3.97. The predicted octanol–water partition coefficient (Wildman–Crippen LogP) is 2.74. The normalized spacial score (nSPS) is 12.4. The number of aryl methyl sites for hydroxylation is 1. The Morgan fingerprint density at radius 2 is 1.62 bits per heavy atom. The lowest BCUT2D eigenvalue weighted by Gasteiger charge is -2.20. The number of nitrogens with two attached hydrogens (primary N) is 1. The maximum atomic E-state index is 12.5. The Morgan fingerprint density at radius 1 is 1.00 bits per heavy atom. The van der Waals surface area contributed by atoms with E-state index in [2.05, 4.69) is 10.6 Å². The van der Waals surface area contributed by atoms with Crippen molar-refractivity contribution in [1.29, 1.82) is 0 Å². The summed E-state index contributed by atoms with van der Waals surface area (Å²) in [6.07, 6.45) is 0.159. The smallest absolute Gasteiger partial charge is 0.251 e. The van der Waals surface area contributed by atoms with E-state index in [1.54, 1.807) is 12.1 Å². The minimum Gasteiger partial charge on any atom is -0.352 e. The Hall–Kier alpha value is -2.37. The molecule has 5 nitrogen and oxygen atoms in total. The Bertz CT molecular complexity index is 705. The van der Waals surface area contributed by atoms with Gasteiger partial charge in [0.15, 0.2) is 0 Å². The van der Waals surface area contributed by atoms with Gasteiger partial charge in [-0.05, 0) is 31.5 Å². The molecule has 0 fully saturated rings. The first kappa shape index (κ1) is 21.7. The monoisotopic (exact) mass is 375 g/mol. The highest BCUT2D eigenvalue weighted by atomic mass is 35.5. The highest BCUT2D eigenvalue weighted by Gasteiger charge is 2.19. The van der Waals surface area contributed by atoms with Gasteiger partial charge in [-0.1, -0.05) is 48.0 Å². The van der Waals surface area contributed by atoms with E-state index in [-0.39, 0.29) is 36.7 Å². The number of hydrogen-bond acceptors (Lipinski definition) is 3. The van der Waals surface area contributed by atoms with Gasteiger partial charge in [-0.3, -0.25) is 9.59 Å². The van der Waals surface area contributed by atoms with Crippen LogP contribution in [0.15, 0.2) is 54.6 Å². The molecule has 6 heteroatoms. The van der Waals surface area contributed by atoms with Crippen LogP contribution in [0.4, 0.5) is 0 Å². The molecule has 0 aromatic heterocycles. The highest BCUT2D eigenvalue weighted by Crippen LogP contribution is 2.17. The average molecular weight is 376 g/mol. The van der Waals surface area contributed by atoms with Gasteiger partial charge in [-0.2, -0.15) is 0 Å². The quantitative estimate of drug-likeness (QED) is 0.695. The summed E-state index contributed by atoms with van der Waals surface area (Å²) in [5.74, 6) is -0.343. The Morgan fingerprint density at radius 3 is 2.19 bits per heavy atom. The zero-order valence-corrected chi connectivity index (χ0v) is 15.9. The summed E-state index contributed by atoms with van der Waals surface area (Å²) in [7, 11) is 0. The number of nitrogens with one attached hydrogen (secondary N) is 2. The zero-order chi connectivity index (χ0) is 18.2. The molecule has 140 valence electrons. The SMILES string of the molecule is Cc1ccc(C(=O)NC(CC(=O)N[C@@H](C)CN)c2ccccc2)cc1.Cl. The van der Waals surface area contributed by atoms with Crippen molar-refractivity contribution >= 4 is 24.2 Å². The molecular weight excluding hydrogens is 350 g/mol.